The van der Waals surface area contributed by atoms with E-state index in [1.165, 1.54) is 39.1 Å². The van der Waals surface area contributed by atoms with Crippen molar-refractivity contribution in [1.29, 1.82) is 0 Å². The van der Waals surface area contributed by atoms with Gasteiger partial charge < -0.3 is 15.0 Å². The summed E-state index contributed by atoms with van der Waals surface area (Å²) in [6.07, 6.45) is 1.21. The molecule has 4 fully saturated rings. The molecule has 1 N–H and O–H groups in total. The van der Waals surface area contributed by atoms with E-state index in [-0.39, 0.29) is 24.0 Å². The van der Waals surface area contributed by atoms with E-state index in [4.69, 9.17) is 9.73 Å². The van der Waals surface area contributed by atoms with Crippen molar-refractivity contribution in [2.45, 2.75) is 19.4 Å². The standard InChI is InChI=1S/C16H31N5O.HI/c1-3-17-16(21-5-4-14(11-21)13-22-2)18-10-15-12-19-6-8-20(15)9-7-19;/h14-15H,3-13H2,1-2H3,(H,17,18);1H. The molecule has 134 valence electrons. The van der Waals surface area contributed by atoms with E-state index < -0.39 is 0 Å². The van der Waals surface area contributed by atoms with Gasteiger partial charge in [0, 0.05) is 71.4 Å². The van der Waals surface area contributed by atoms with Crippen LogP contribution in [0.2, 0.25) is 0 Å². The summed E-state index contributed by atoms with van der Waals surface area (Å²) in [6, 6.07) is 0.605. The number of piperazine rings is 3. The second kappa shape index (κ2) is 9.39. The summed E-state index contributed by atoms with van der Waals surface area (Å²) in [4.78, 5) is 12.6. The fourth-order valence-corrected chi connectivity index (χ4v) is 3.91. The molecule has 4 heterocycles. The Balaban J connectivity index is 0.00000192. The molecule has 0 aromatic heterocycles. The average molecular weight is 437 g/mol. The van der Waals surface area contributed by atoms with E-state index in [0.29, 0.717) is 12.0 Å². The van der Waals surface area contributed by atoms with Crippen LogP contribution in [0.15, 0.2) is 4.99 Å². The minimum Gasteiger partial charge on any atom is -0.384 e. The summed E-state index contributed by atoms with van der Waals surface area (Å²) < 4.78 is 5.30. The lowest BCUT2D eigenvalue weighted by Crippen LogP contribution is -2.62. The Hall–Kier alpha value is -0.120. The first kappa shape index (κ1) is 19.2. The highest BCUT2D eigenvalue weighted by molar-refractivity contribution is 14.0. The van der Waals surface area contributed by atoms with Gasteiger partial charge >= 0.3 is 0 Å². The number of fused-ring (bicyclic) bond motifs is 3. The zero-order valence-corrected chi connectivity index (χ0v) is 16.9. The number of aliphatic imine (C=N–C) groups is 1. The summed E-state index contributed by atoms with van der Waals surface area (Å²) in [5, 5.41) is 3.47. The van der Waals surface area contributed by atoms with Crippen LogP contribution in [0, 0.1) is 5.92 Å². The van der Waals surface area contributed by atoms with E-state index in [0.717, 1.165) is 38.7 Å². The van der Waals surface area contributed by atoms with Crippen molar-refractivity contribution in [3.8, 4) is 0 Å². The van der Waals surface area contributed by atoms with Crippen LogP contribution >= 0.6 is 24.0 Å². The highest BCUT2D eigenvalue weighted by Gasteiger charge is 2.32. The van der Waals surface area contributed by atoms with E-state index >= 15 is 0 Å². The van der Waals surface area contributed by atoms with Crippen LogP contribution in [-0.4, -0.2) is 99.3 Å². The smallest absolute Gasteiger partial charge is 0.193 e. The number of likely N-dealkylation sites (tertiary alicyclic amines) is 1. The lowest BCUT2D eigenvalue weighted by molar-refractivity contribution is 0.0173. The molecular formula is C16H32IN5O. The molecule has 4 aliphatic rings. The van der Waals surface area contributed by atoms with Gasteiger partial charge in [0.1, 0.15) is 0 Å². The van der Waals surface area contributed by atoms with Gasteiger partial charge in [0.25, 0.3) is 0 Å². The maximum atomic E-state index is 5.30. The maximum absolute atomic E-state index is 5.30. The minimum atomic E-state index is 0. The van der Waals surface area contributed by atoms with Crippen LogP contribution < -0.4 is 5.32 Å². The topological polar surface area (TPSA) is 43.3 Å². The lowest BCUT2D eigenvalue weighted by atomic mass is 10.1. The van der Waals surface area contributed by atoms with Crippen LogP contribution in [0.5, 0.6) is 0 Å². The van der Waals surface area contributed by atoms with Gasteiger partial charge in [-0.1, -0.05) is 0 Å². The van der Waals surface area contributed by atoms with Gasteiger partial charge in [0.05, 0.1) is 13.2 Å². The number of hydrogen-bond acceptors (Lipinski definition) is 4. The SMILES string of the molecule is CCNC(=NCC1CN2CCN1CC2)N1CCC(COC)C1.I. The summed E-state index contributed by atoms with van der Waals surface area (Å²) in [5.41, 5.74) is 0. The maximum Gasteiger partial charge on any atom is 0.193 e. The average Bonchev–Trinajstić information content (AvgIpc) is 3.01. The molecule has 7 heteroatoms. The molecule has 23 heavy (non-hydrogen) atoms. The molecule has 0 aromatic carbocycles. The number of halogens is 1. The Labute approximate surface area is 157 Å². The predicted molar refractivity (Wildman–Crippen MR) is 105 cm³/mol. The third kappa shape index (κ3) is 4.93. The first-order chi connectivity index (χ1) is 10.8. The molecule has 4 aliphatic heterocycles. The van der Waals surface area contributed by atoms with E-state index in [2.05, 4.69) is 26.9 Å². The van der Waals surface area contributed by atoms with Gasteiger partial charge in [-0.25, -0.2) is 0 Å². The zero-order chi connectivity index (χ0) is 15.4. The summed E-state index contributed by atoms with van der Waals surface area (Å²) in [7, 11) is 1.80. The van der Waals surface area contributed by atoms with Gasteiger partial charge in [-0.3, -0.25) is 14.8 Å². The van der Waals surface area contributed by atoms with Crippen LogP contribution in [0.1, 0.15) is 13.3 Å². The van der Waals surface area contributed by atoms with Crippen LogP contribution in [0.25, 0.3) is 0 Å². The van der Waals surface area contributed by atoms with Crippen molar-refractivity contribution in [2.75, 3.05) is 72.6 Å². The molecule has 2 unspecified atom stereocenters. The number of guanidine groups is 1. The van der Waals surface area contributed by atoms with Crippen molar-refractivity contribution in [3.05, 3.63) is 0 Å². The normalized spacial score (nSPS) is 33.7. The first-order valence-corrected chi connectivity index (χ1v) is 8.78. The Morgan fingerprint density at radius 2 is 1.96 bits per heavy atom. The highest BCUT2D eigenvalue weighted by atomic mass is 127. The quantitative estimate of drug-likeness (QED) is 0.387. The monoisotopic (exact) mass is 437 g/mol. The second-order valence-electron chi connectivity index (χ2n) is 6.74. The van der Waals surface area contributed by atoms with Crippen LogP contribution in [-0.2, 0) is 4.74 Å². The second-order valence-corrected chi connectivity index (χ2v) is 6.74. The van der Waals surface area contributed by atoms with Crippen LogP contribution in [0.3, 0.4) is 0 Å². The first-order valence-electron chi connectivity index (χ1n) is 8.78. The predicted octanol–water partition coefficient (Wildman–Crippen LogP) is 0.538. The molecule has 2 atom stereocenters. The highest BCUT2D eigenvalue weighted by Crippen LogP contribution is 2.18. The Kier molecular flexibility index (Phi) is 7.84. The van der Waals surface area contributed by atoms with Gasteiger partial charge in [-0.05, 0) is 13.3 Å². The number of methoxy groups -OCH3 is 1. The van der Waals surface area contributed by atoms with E-state index in [9.17, 15) is 0 Å². The number of rotatable bonds is 5. The Morgan fingerprint density at radius 1 is 1.17 bits per heavy atom. The molecule has 2 bridgehead atoms. The molecule has 0 aromatic rings. The largest absolute Gasteiger partial charge is 0.384 e. The number of nitrogens with one attached hydrogen (secondary N) is 1. The van der Waals surface area contributed by atoms with Crippen molar-refractivity contribution < 1.29 is 4.74 Å². The van der Waals surface area contributed by atoms with Crippen molar-refractivity contribution in [2.24, 2.45) is 10.9 Å². The van der Waals surface area contributed by atoms with Gasteiger partial charge in [-0.15, -0.1) is 24.0 Å². The fraction of sp³-hybridized carbons (Fsp3) is 0.938. The summed E-state index contributed by atoms with van der Waals surface area (Å²) in [5.74, 6) is 1.74. The van der Waals surface area contributed by atoms with Gasteiger partial charge in [0.15, 0.2) is 5.96 Å². The molecule has 0 aliphatic carbocycles. The number of nitrogens with zero attached hydrogens (tertiary/aromatic N) is 4. The molecule has 4 rings (SSSR count). The zero-order valence-electron chi connectivity index (χ0n) is 14.5. The molecular weight excluding hydrogens is 405 g/mol. The van der Waals surface area contributed by atoms with Crippen molar-refractivity contribution in [1.82, 2.24) is 20.0 Å². The summed E-state index contributed by atoms with van der Waals surface area (Å²) >= 11 is 0. The Morgan fingerprint density at radius 3 is 2.57 bits per heavy atom. The molecule has 0 radical (unpaired) electrons. The third-order valence-corrected chi connectivity index (χ3v) is 5.17. The Bertz CT molecular complexity index is 387. The minimum absolute atomic E-state index is 0. The van der Waals surface area contributed by atoms with Crippen molar-refractivity contribution >= 4 is 29.9 Å². The molecule has 6 nitrogen and oxygen atoms in total. The fourth-order valence-electron chi connectivity index (χ4n) is 3.91. The molecule has 0 amide bonds. The van der Waals surface area contributed by atoms with Gasteiger partial charge in [0.2, 0.25) is 0 Å². The number of ether oxygens (including phenoxy) is 1. The van der Waals surface area contributed by atoms with Crippen molar-refractivity contribution in [3.63, 3.8) is 0 Å². The molecule has 4 saturated heterocycles. The lowest BCUT2D eigenvalue weighted by Gasteiger charge is -2.47. The van der Waals surface area contributed by atoms with E-state index in [1.54, 1.807) is 7.11 Å². The molecule has 0 saturated carbocycles. The third-order valence-electron chi connectivity index (χ3n) is 5.17. The number of hydrogen-bond donors (Lipinski definition) is 1. The van der Waals surface area contributed by atoms with Gasteiger partial charge in [-0.2, -0.15) is 0 Å². The van der Waals surface area contributed by atoms with Crippen LogP contribution in [0.4, 0.5) is 0 Å². The summed E-state index contributed by atoms with van der Waals surface area (Å²) in [6.45, 7) is 13.1. The molecule has 0 spiro atoms. The van der Waals surface area contributed by atoms with E-state index in [1.807, 2.05) is 0 Å².